The molecule has 0 saturated carbocycles. The number of rotatable bonds is 0. The fraction of sp³-hybridized carbons (Fsp3) is 0. The van der Waals surface area contributed by atoms with Crippen LogP contribution < -0.4 is 3.27 Å². The molecule has 0 atom stereocenters. The van der Waals surface area contributed by atoms with Crippen LogP contribution >= 0.6 is 0 Å². The molecule has 0 fully saturated rings. The Morgan fingerprint density at radius 1 is 1.67 bits per heavy atom. The maximum absolute atomic E-state index is 4.92. The van der Waals surface area contributed by atoms with Crippen molar-refractivity contribution in [1.29, 1.82) is 0 Å². The molecule has 0 spiro atoms. The van der Waals surface area contributed by atoms with E-state index >= 15 is 0 Å². The van der Waals surface area contributed by atoms with Crippen LogP contribution in [0.15, 0.2) is 22.8 Å². The molecule has 0 saturated heterocycles. The monoisotopic (exact) mass is 269 g/mol. The topological polar surface area (TPSA) is 13.1 Å². The SMILES string of the molecule is [Hg][c]1ccco1. The van der Waals surface area contributed by atoms with Crippen LogP contribution in [0, 0.1) is 0 Å². The van der Waals surface area contributed by atoms with Crippen molar-refractivity contribution in [2.45, 2.75) is 0 Å². The Bertz CT molecular complexity index is 111. The molecule has 1 heterocycles. The van der Waals surface area contributed by atoms with Crippen molar-refractivity contribution < 1.29 is 30.5 Å². The van der Waals surface area contributed by atoms with Crippen LogP contribution in [0.5, 0.6) is 0 Å². The second-order valence-electron chi connectivity index (χ2n) is 1.08. The normalized spacial score (nSPS) is 9.00. The molecular formula is C4H3HgO. The number of furan rings is 1. The zero-order chi connectivity index (χ0) is 4.41. The van der Waals surface area contributed by atoms with E-state index in [2.05, 4.69) is 0 Å². The van der Waals surface area contributed by atoms with E-state index in [1.807, 2.05) is 12.1 Å². The van der Waals surface area contributed by atoms with Gasteiger partial charge in [-0.15, -0.1) is 0 Å². The minimum atomic E-state index is 0.674. The van der Waals surface area contributed by atoms with Crippen LogP contribution in [0.3, 0.4) is 0 Å². The fourth-order valence-electron chi connectivity index (χ4n) is 0.313. The Kier molecular flexibility index (Phi) is 1.30. The van der Waals surface area contributed by atoms with Gasteiger partial charge in [-0.3, -0.25) is 0 Å². The molecule has 0 aliphatic carbocycles. The van der Waals surface area contributed by atoms with Gasteiger partial charge in [-0.25, -0.2) is 0 Å². The summed E-state index contributed by atoms with van der Waals surface area (Å²) in [4.78, 5) is 0. The first-order valence-electron chi connectivity index (χ1n) is 1.75. The number of hydrogen-bond acceptors (Lipinski definition) is 1. The molecule has 0 aliphatic rings. The van der Waals surface area contributed by atoms with Gasteiger partial charge in [0, 0.05) is 0 Å². The molecule has 0 aliphatic heterocycles. The van der Waals surface area contributed by atoms with Crippen molar-refractivity contribution in [3.8, 4) is 0 Å². The van der Waals surface area contributed by atoms with Crippen molar-refractivity contribution in [3.63, 3.8) is 0 Å². The molecule has 1 rings (SSSR count). The summed E-state index contributed by atoms with van der Waals surface area (Å²) in [6.45, 7) is 0. The molecule has 1 aromatic heterocycles. The molecule has 0 unspecified atom stereocenters. The van der Waals surface area contributed by atoms with Gasteiger partial charge in [0.15, 0.2) is 0 Å². The van der Waals surface area contributed by atoms with E-state index in [9.17, 15) is 0 Å². The molecule has 0 N–H and O–H groups in total. The van der Waals surface area contributed by atoms with E-state index in [4.69, 9.17) is 4.42 Å². The van der Waals surface area contributed by atoms with E-state index in [0.29, 0.717) is 26.1 Å². The summed E-state index contributed by atoms with van der Waals surface area (Å²) >= 11 is 0.674. The van der Waals surface area contributed by atoms with Gasteiger partial charge in [0.1, 0.15) is 0 Å². The Morgan fingerprint density at radius 2 is 2.50 bits per heavy atom. The van der Waals surface area contributed by atoms with E-state index in [-0.39, 0.29) is 0 Å². The van der Waals surface area contributed by atoms with Gasteiger partial charge in [-0.05, 0) is 0 Å². The Labute approximate surface area is 52.3 Å². The average Bonchev–Trinajstić information content (AvgIpc) is 1.86. The predicted molar refractivity (Wildman–Crippen MR) is 18.3 cm³/mol. The second kappa shape index (κ2) is 1.78. The third-order valence-corrected chi connectivity index (χ3v) is 2.14. The predicted octanol–water partition coefficient (Wildman–Crippen LogP) is 0.452. The summed E-state index contributed by atoms with van der Waals surface area (Å²) < 4.78 is 6.08. The summed E-state index contributed by atoms with van der Waals surface area (Å²) in [6.07, 6.45) is 1.71. The van der Waals surface area contributed by atoms with Crippen LogP contribution in [0.4, 0.5) is 0 Å². The van der Waals surface area contributed by atoms with E-state index < -0.39 is 0 Å². The van der Waals surface area contributed by atoms with Crippen LogP contribution in [-0.2, 0) is 26.1 Å². The van der Waals surface area contributed by atoms with Crippen LogP contribution in [0.2, 0.25) is 0 Å². The van der Waals surface area contributed by atoms with Crippen LogP contribution in [0.25, 0.3) is 0 Å². The molecule has 0 amide bonds. The molecule has 0 bridgehead atoms. The molecule has 1 nitrogen and oxygen atoms in total. The van der Waals surface area contributed by atoms with Crippen LogP contribution in [-0.4, -0.2) is 0 Å². The molecule has 1 aromatic rings. The van der Waals surface area contributed by atoms with Crippen molar-refractivity contribution in [2.24, 2.45) is 0 Å². The van der Waals surface area contributed by atoms with Crippen LogP contribution in [0.1, 0.15) is 0 Å². The Morgan fingerprint density at radius 3 is 2.67 bits per heavy atom. The molecular weight excluding hydrogens is 265 g/mol. The van der Waals surface area contributed by atoms with E-state index in [1.165, 1.54) is 0 Å². The molecule has 0 aromatic carbocycles. The van der Waals surface area contributed by atoms with Gasteiger partial charge in [0.05, 0.1) is 0 Å². The van der Waals surface area contributed by atoms with Gasteiger partial charge in [0.2, 0.25) is 0 Å². The van der Waals surface area contributed by atoms with Gasteiger partial charge >= 0.3 is 52.2 Å². The first-order chi connectivity index (χ1) is 2.89. The second-order valence-corrected chi connectivity index (χ2v) is 3.79. The third-order valence-electron chi connectivity index (χ3n) is 0.580. The summed E-state index contributed by atoms with van der Waals surface area (Å²) in [7, 11) is 0. The fourth-order valence-corrected chi connectivity index (χ4v) is 1.22. The molecule has 6 heavy (non-hydrogen) atoms. The standard InChI is InChI=1S/C4H3O.Hg/c1-2-4-5-3-1;/h1-3H;. The summed E-state index contributed by atoms with van der Waals surface area (Å²) in [5, 5.41) is 0. The van der Waals surface area contributed by atoms with Crippen molar-refractivity contribution >= 4 is 3.27 Å². The van der Waals surface area contributed by atoms with Gasteiger partial charge < -0.3 is 0 Å². The first kappa shape index (κ1) is 4.38. The zero-order valence-corrected chi connectivity index (χ0v) is 8.85. The minimum absolute atomic E-state index is 0.674. The van der Waals surface area contributed by atoms with Crippen molar-refractivity contribution in [1.82, 2.24) is 0 Å². The molecule has 27 valence electrons. The zero-order valence-electron chi connectivity index (χ0n) is 3.35. The van der Waals surface area contributed by atoms with Crippen molar-refractivity contribution in [3.05, 3.63) is 18.4 Å². The van der Waals surface area contributed by atoms with Crippen molar-refractivity contribution in [2.75, 3.05) is 0 Å². The maximum atomic E-state index is 4.92. The summed E-state index contributed by atoms with van der Waals surface area (Å²) in [5.41, 5.74) is 0. The third kappa shape index (κ3) is 0.837. The summed E-state index contributed by atoms with van der Waals surface area (Å²) in [5.74, 6) is 0. The summed E-state index contributed by atoms with van der Waals surface area (Å²) in [6, 6.07) is 3.92. The number of hydrogen-bond donors (Lipinski definition) is 0. The Balaban J connectivity index is 3.05. The quantitative estimate of drug-likeness (QED) is 0.622. The van der Waals surface area contributed by atoms with E-state index in [1.54, 1.807) is 6.26 Å². The molecule has 0 radical (unpaired) electrons. The van der Waals surface area contributed by atoms with Gasteiger partial charge in [-0.2, -0.15) is 0 Å². The van der Waals surface area contributed by atoms with Gasteiger partial charge in [0.25, 0.3) is 0 Å². The molecule has 2 heteroatoms. The van der Waals surface area contributed by atoms with E-state index in [0.717, 1.165) is 3.27 Å². The first-order valence-corrected chi connectivity index (χ1v) is 4.50. The van der Waals surface area contributed by atoms with Gasteiger partial charge in [-0.1, -0.05) is 0 Å². The average molecular weight is 268 g/mol. The Hall–Kier alpha value is 0.215.